The van der Waals surface area contributed by atoms with Gasteiger partial charge in [-0.15, -0.1) is 11.3 Å². The molecule has 0 atom stereocenters. The number of nitrogens with two attached hydrogens (primary N) is 1. The maximum Gasteiger partial charge on any atom is 0.263 e. The average molecular weight is 264 g/mol. The van der Waals surface area contributed by atoms with Crippen LogP contribution in [-0.2, 0) is 0 Å². The minimum absolute atomic E-state index is 0.0440. The normalized spacial score (nSPS) is 10.7. The lowest BCUT2D eigenvalue weighted by Crippen LogP contribution is -2.44. The monoisotopic (exact) mass is 264 g/mol. The molecule has 0 bridgehead atoms. The Bertz CT molecular complexity index is 464. The van der Waals surface area contributed by atoms with Gasteiger partial charge in [0, 0.05) is 11.1 Å². The summed E-state index contributed by atoms with van der Waals surface area (Å²) in [7, 11) is 0. The molecule has 0 aromatic carbocycles. The van der Waals surface area contributed by atoms with Crippen LogP contribution >= 0.6 is 11.3 Å². The van der Waals surface area contributed by atoms with Gasteiger partial charge in [0.2, 0.25) is 0 Å². The minimum Gasteiger partial charge on any atom is -0.346 e. The van der Waals surface area contributed by atoms with Crippen LogP contribution in [0.4, 0.5) is 0 Å². The molecular formula is C14H20N2OS. The molecule has 0 aliphatic heterocycles. The summed E-state index contributed by atoms with van der Waals surface area (Å²) in [6.07, 6.45) is 1.81. The standard InChI is InChI=1S/C14H20N2OS/c1-4-14(3,5-2)16-13(17)12-11(7-6-9-15)8-10-18-12/h8,10H,4-5,9,15H2,1-3H3,(H,16,17). The van der Waals surface area contributed by atoms with Gasteiger partial charge < -0.3 is 11.1 Å². The van der Waals surface area contributed by atoms with Crippen LogP contribution in [0.3, 0.4) is 0 Å². The Morgan fingerprint density at radius 3 is 2.72 bits per heavy atom. The van der Waals surface area contributed by atoms with Crippen molar-refractivity contribution < 1.29 is 4.79 Å². The fraction of sp³-hybridized carbons (Fsp3) is 0.500. The van der Waals surface area contributed by atoms with Crippen molar-refractivity contribution in [3.63, 3.8) is 0 Å². The molecule has 18 heavy (non-hydrogen) atoms. The lowest BCUT2D eigenvalue weighted by Gasteiger charge is -2.28. The second kappa shape index (κ2) is 6.58. The highest BCUT2D eigenvalue weighted by Crippen LogP contribution is 2.19. The van der Waals surface area contributed by atoms with Crippen LogP contribution in [0.1, 0.15) is 48.8 Å². The summed E-state index contributed by atoms with van der Waals surface area (Å²) in [4.78, 5) is 12.9. The zero-order chi connectivity index (χ0) is 13.6. The van der Waals surface area contributed by atoms with Crippen LogP contribution in [0.15, 0.2) is 11.4 Å². The summed E-state index contributed by atoms with van der Waals surface area (Å²) < 4.78 is 0. The van der Waals surface area contributed by atoms with E-state index in [0.29, 0.717) is 11.4 Å². The second-order valence-electron chi connectivity index (χ2n) is 4.39. The van der Waals surface area contributed by atoms with Crippen LogP contribution in [0.5, 0.6) is 0 Å². The Kier molecular flexibility index (Phi) is 5.39. The molecule has 4 heteroatoms. The fourth-order valence-corrected chi connectivity index (χ4v) is 2.23. The van der Waals surface area contributed by atoms with Gasteiger partial charge in [0.15, 0.2) is 0 Å². The first-order valence-electron chi connectivity index (χ1n) is 6.15. The Hall–Kier alpha value is -1.31. The van der Waals surface area contributed by atoms with Gasteiger partial charge in [-0.05, 0) is 31.2 Å². The summed E-state index contributed by atoms with van der Waals surface area (Å²) in [5, 5.41) is 4.96. The Morgan fingerprint density at radius 1 is 1.50 bits per heavy atom. The van der Waals surface area contributed by atoms with Gasteiger partial charge in [-0.2, -0.15) is 0 Å². The SMILES string of the molecule is CCC(C)(CC)NC(=O)c1sccc1C#CCN. The Labute approximate surface area is 113 Å². The fourth-order valence-electron chi connectivity index (χ4n) is 1.49. The zero-order valence-electron chi connectivity index (χ0n) is 11.2. The van der Waals surface area contributed by atoms with Crippen molar-refractivity contribution in [3.8, 4) is 11.8 Å². The van der Waals surface area contributed by atoms with Crippen LogP contribution in [0.25, 0.3) is 0 Å². The Balaban J connectivity index is 2.88. The summed E-state index contributed by atoms with van der Waals surface area (Å²) in [5.41, 5.74) is 5.95. The molecule has 0 aliphatic carbocycles. The van der Waals surface area contributed by atoms with E-state index in [4.69, 9.17) is 5.73 Å². The molecule has 98 valence electrons. The van der Waals surface area contributed by atoms with Crippen molar-refractivity contribution >= 4 is 17.2 Å². The number of carbonyl (C=O) groups is 1. The van der Waals surface area contributed by atoms with E-state index >= 15 is 0 Å². The van der Waals surface area contributed by atoms with E-state index in [0.717, 1.165) is 18.4 Å². The number of carbonyl (C=O) groups excluding carboxylic acids is 1. The molecule has 1 aromatic heterocycles. The zero-order valence-corrected chi connectivity index (χ0v) is 12.0. The van der Waals surface area contributed by atoms with Gasteiger partial charge in [-0.3, -0.25) is 4.79 Å². The van der Waals surface area contributed by atoms with Crippen LogP contribution in [0.2, 0.25) is 0 Å². The third-order valence-corrected chi connectivity index (χ3v) is 4.09. The molecule has 3 N–H and O–H groups in total. The van der Waals surface area contributed by atoms with Gasteiger partial charge in [0.1, 0.15) is 4.88 Å². The molecular weight excluding hydrogens is 244 g/mol. The van der Waals surface area contributed by atoms with Crippen molar-refractivity contribution in [1.82, 2.24) is 5.32 Å². The number of rotatable bonds is 4. The largest absolute Gasteiger partial charge is 0.346 e. The third-order valence-electron chi connectivity index (χ3n) is 3.17. The number of hydrogen-bond donors (Lipinski definition) is 2. The van der Waals surface area contributed by atoms with Crippen molar-refractivity contribution in [2.24, 2.45) is 5.73 Å². The summed E-state index contributed by atoms with van der Waals surface area (Å²) in [6.45, 7) is 6.52. The smallest absolute Gasteiger partial charge is 0.263 e. The highest BCUT2D eigenvalue weighted by Gasteiger charge is 2.24. The topological polar surface area (TPSA) is 55.1 Å². The molecule has 0 saturated carbocycles. The van der Waals surface area contributed by atoms with Gasteiger partial charge in [-0.25, -0.2) is 0 Å². The summed E-state index contributed by atoms with van der Waals surface area (Å²) >= 11 is 1.41. The van der Waals surface area contributed by atoms with Gasteiger partial charge in [0.25, 0.3) is 5.91 Å². The molecule has 0 fully saturated rings. The van der Waals surface area contributed by atoms with Crippen molar-refractivity contribution in [2.75, 3.05) is 6.54 Å². The van der Waals surface area contributed by atoms with Crippen molar-refractivity contribution in [2.45, 2.75) is 39.2 Å². The third kappa shape index (κ3) is 3.59. The van der Waals surface area contributed by atoms with Crippen LogP contribution in [0, 0.1) is 11.8 Å². The summed E-state index contributed by atoms with van der Waals surface area (Å²) in [6, 6.07) is 1.86. The molecule has 3 nitrogen and oxygen atoms in total. The van der Waals surface area contributed by atoms with Gasteiger partial charge >= 0.3 is 0 Å². The first kappa shape index (κ1) is 14.7. The molecule has 0 spiro atoms. The lowest BCUT2D eigenvalue weighted by molar-refractivity contribution is 0.0905. The van der Waals surface area contributed by atoms with Crippen molar-refractivity contribution in [1.29, 1.82) is 0 Å². The van der Waals surface area contributed by atoms with Gasteiger partial charge in [0.05, 0.1) is 6.54 Å². The highest BCUT2D eigenvalue weighted by atomic mass is 32.1. The number of hydrogen-bond acceptors (Lipinski definition) is 3. The van der Waals surface area contributed by atoms with Gasteiger partial charge in [-0.1, -0.05) is 25.7 Å². The molecule has 1 amide bonds. The first-order valence-corrected chi connectivity index (χ1v) is 7.03. The molecule has 0 radical (unpaired) electrons. The van der Waals surface area contributed by atoms with E-state index in [9.17, 15) is 4.79 Å². The lowest BCUT2D eigenvalue weighted by atomic mass is 9.95. The maximum atomic E-state index is 12.2. The molecule has 0 unspecified atom stereocenters. The molecule has 0 saturated heterocycles. The highest BCUT2D eigenvalue weighted by molar-refractivity contribution is 7.12. The van der Waals surface area contributed by atoms with E-state index in [1.165, 1.54) is 11.3 Å². The molecule has 1 rings (SSSR count). The van der Waals surface area contributed by atoms with E-state index in [1.807, 2.05) is 11.4 Å². The number of nitrogens with one attached hydrogen (secondary N) is 1. The average Bonchev–Trinajstić information content (AvgIpc) is 2.84. The minimum atomic E-state index is -0.153. The quantitative estimate of drug-likeness (QED) is 0.820. The van der Waals surface area contributed by atoms with E-state index in [1.54, 1.807) is 0 Å². The first-order chi connectivity index (χ1) is 8.56. The second-order valence-corrected chi connectivity index (χ2v) is 5.31. The molecule has 0 aliphatic rings. The molecule has 1 heterocycles. The van der Waals surface area contributed by atoms with E-state index in [2.05, 4.69) is 37.9 Å². The van der Waals surface area contributed by atoms with Crippen LogP contribution in [-0.4, -0.2) is 18.0 Å². The van der Waals surface area contributed by atoms with Crippen molar-refractivity contribution in [3.05, 3.63) is 21.9 Å². The predicted molar refractivity (Wildman–Crippen MR) is 76.7 cm³/mol. The number of thiophene rings is 1. The maximum absolute atomic E-state index is 12.2. The van der Waals surface area contributed by atoms with E-state index < -0.39 is 0 Å². The summed E-state index contributed by atoms with van der Waals surface area (Å²) in [5.74, 6) is 5.67. The predicted octanol–water partition coefficient (Wildman–Crippen LogP) is 2.37. The van der Waals surface area contributed by atoms with Crippen LogP contribution < -0.4 is 11.1 Å². The van der Waals surface area contributed by atoms with E-state index in [-0.39, 0.29) is 11.4 Å². The Morgan fingerprint density at radius 2 is 2.17 bits per heavy atom. The molecule has 1 aromatic rings. The number of amides is 1.